The smallest absolute Gasteiger partial charge is 0.227 e. The van der Waals surface area contributed by atoms with Crippen molar-refractivity contribution in [2.24, 2.45) is 0 Å². The van der Waals surface area contributed by atoms with Crippen molar-refractivity contribution in [1.82, 2.24) is 14.9 Å². The molecule has 2 heterocycles. The molecule has 0 amide bonds. The molecule has 2 rings (SSSR count). The van der Waals surface area contributed by atoms with Crippen LogP contribution in [0.4, 0.5) is 5.95 Å². The molecule has 5 heteroatoms. The van der Waals surface area contributed by atoms with Crippen molar-refractivity contribution >= 4 is 17.5 Å². The van der Waals surface area contributed by atoms with Crippen molar-refractivity contribution < 1.29 is 0 Å². The molecule has 0 aliphatic carbocycles. The molecule has 1 aliphatic rings. The first-order chi connectivity index (χ1) is 8.19. The first kappa shape index (κ1) is 12.6. The van der Waals surface area contributed by atoms with Gasteiger partial charge >= 0.3 is 0 Å². The minimum atomic E-state index is 0.553. The number of anilines is 1. The molecule has 0 unspecified atom stereocenters. The van der Waals surface area contributed by atoms with E-state index in [0.29, 0.717) is 5.15 Å². The van der Waals surface area contributed by atoms with E-state index in [9.17, 15) is 0 Å². The molecular weight excluding hydrogens is 236 g/mol. The zero-order valence-corrected chi connectivity index (χ0v) is 11.2. The Hall–Kier alpha value is -0.870. The number of rotatable bonds is 3. The highest BCUT2D eigenvalue weighted by Gasteiger charge is 2.17. The number of piperazine rings is 1. The number of aryl methyl sites for hydroxylation is 1. The third kappa shape index (κ3) is 3.30. The van der Waals surface area contributed by atoms with Crippen LogP contribution in [0, 0.1) is 0 Å². The second kappa shape index (κ2) is 5.65. The van der Waals surface area contributed by atoms with E-state index in [1.807, 2.05) is 6.07 Å². The van der Waals surface area contributed by atoms with Gasteiger partial charge in [-0.2, -0.15) is 0 Å². The topological polar surface area (TPSA) is 32.3 Å². The van der Waals surface area contributed by atoms with Gasteiger partial charge in [0.1, 0.15) is 5.15 Å². The SMILES string of the molecule is CCCc1cc(Cl)nc(N2CCN(C)CC2)n1. The summed E-state index contributed by atoms with van der Waals surface area (Å²) in [5, 5.41) is 0.553. The largest absolute Gasteiger partial charge is 0.338 e. The molecule has 1 fully saturated rings. The Morgan fingerprint density at radius 1 is 1.24 bits per heavy atom. The summed E-state index contributed by atoms with van der Waals surface area (Å²) in [6, 6.07) is 1.87. The van der Waals surface area contributed by atoms with E-state index >= 15 is 0 Å². The molecule has 0 spiro atoms. The standard InChI is InChI=1S/C12H19ClN4/c1-3-4-10-9-11(13)15-12(14-10)17-7-5-16(2)6-8-17/h9H,3-8H2,1-2H3. The van der Waals surface area contributed by atoms with Gasteiger partial charge in [0.25, 0.3) is 0 Å². The third-order valence-corrected chi connectivity index (χ3v) is 3.22. The van der Waals surface area contributed by atoms with Gasteiger partial charge in [-0.15, -0.1) is 0 Å². The van der Waals surface area contributed by atoms with Crippen LogP contribution in [0.3, 0.4) is 0 Å². The fourth-order valence-corrected chi connectivity index (χ4v) is 2.18. The maximum absolute atomic E-state index is 6.05. The highest BCUT2D eigenvalue weighted by Crippen LogP contribution is 2.16. The van der Waals surface area contributed by atoms with Gasteiger partial charge in [-0.25, -0.2) is 9.97 Å². The summed E-state index contributed by atoms with van der Waals surface area (Å²) in [7, 11) is 2.14. The van der Waals surface area contributed by atoms with Crippen molar-refractivity contribution in [2.75, 3.05) is 38.1 Å². The molecule has 0 radical (unpaired) electrons. The minimum Gasteiger partial charge on any atom is -0.338 e. The zero-order chi connectivity index (χ0) is 12.3. The Balaban J connectivity index is 2.14. The van der Waals surface area contributed by atoms with Crippen molar-refractivity contribution in [3.05, 3.63) is 16.9 Å². The maximum Gasteiger partial charge on any atom is 0.227 e. The number of nitrogens with zero attached hydrogens (tertiary/aromatic N) is 4. The number of hydrogen-bond donors (Lipinski definition) is 0. The second-order valence-electron chi connectivity index (χ2n) is 4.52. The van der Waals surface area contributed by atoms with E-state index in [0.717, 1.165) is 50.7 Å². The summed E-state index contributed by atoms with van der Waals surface area (Å²) in [5.74, 6) is 0.786. The molecule has 94 valence electrons. The summed E-state index contributed by atoms with van der Waals surface area (Å²) in [6.07, 6.45) is 2.04. The van der Waals surface area contributed by atoms with E-state index in [1.165, 1.54) is 0 Å². The van der Waals surface area contributed by atoms with E-state index in [1.54, 1.807) is 0 Å². The Morgan fingerprint density at radius 3 is 2.59 bits per heavy atom. The van der Waals surface area contributed by atoms with Crippen molar-refractivity contribution in [3.8, 4) is 0 Å². The lowest BCUT2D eigenvalue weighted by atomic mass is 10.2. The fourth-order valence-electron chi connectivity index (χ4n) is 1.98. The molecule has 1 aliphatic heterocycles. The van der Waals surface area contributed by atoms with Crippen LogP contribution in [-0.2, 0) is 6.42 Å². The minimum absolute atomic E-state index is 0.553. The van der Waals surface area contributed by atoms with Gasteiger partial charge in [0.2, 0.25) is 5.95 Å². The van der Waals surface area contributed by atoms with Crippen molar-refractivity contribution in [2.45, 2.75) is 19.8 Å². The van der Waals surface area contributed by atoms with Crippen LogP contribution in [-0.4, -0.2) is 48.1 Å². The van der Waals surface area contributed by atoms with Gasteiger partial charge in [-0.05, 0) is 19.5 Å². The van der Waals surface area contributed by atoms with Gasteiger partial charge in [0, 0.05) is 31.9 Å². The van der Waals surface area contributed by atoms with Gasteiger partial charge in [0.15, 0.2) is 0 Å². The van der Waals surface area contributed by atoms with Gasteiger partial charge < -0.3 is 9.80 Å². The first-order valence-electron chi connectivity index (χ1n) is 6.16. The summed E-state index contributed by atoms with van der Waals surface area (Å²) >= 11 is 6.05. The van der Waals surface area contributed by atoms with Gasteiger partial charge in [-0.1, -0.05) is 24.9 Å². The summed E-state index contributed by atoms with van der Waals surface area (Å²) in [4.78, 5) is 13.4. The quantitative estimate of drug-likeness (QED) is 0.771. The number of likely N-dealkylation sites (N-methyl/N-ethyl adjacent to an activating group) is 1. The molecule has 0 saturated carbocycles. The number of aromatic nitrogens is 2. The predicted octanol–water partition coefficient (Wildman–Crippen LogP) is 1.83. The Kier molecular flexibility index (Phi) is 4.18. The van der Waals surface area contributed by atoms with Crippen LogP contribution in [0.15, 0.2) is 6.07 Å². The summed E-state index contributed by atoms with van der Waals surface area (Å²) < 4.78 is 0. The van der Waals surface area contributed by atoms with Crippen molar-refractivity contribution in [3.63, 3.8) is 0 Å². The highest BCUT2D eigenvalue weighted by atomic mass is 35.5. The van der Waals surface area contributed by atoms with Crippen LogP contribution in [0.25, 0.3) is 0 Å². The lowest BCUT2D eigenvalue weighted by molar-refractivity contribution is 0.311. The Morgan fingerprint density at radius 2 is 1.94 bits per heavy atom. The number of hydrogen-bond acceptors (Lipinski definition) is 4. The van der Waals surface area contributed by atoms with Crippen LogP contribution in [0.5, 0.6) is 0 Å². The van der Waals surface area contributed by atoms with E-state index in [-0.39, 0.29) is 0 Å². The molecule has 0 aromatic carbocycles. The van der Waals surface area contributed by atoms with Crippen molar-refractivity contribution in [1.29, 1.82) is 0 Å². The van der Waals surface area contributed by atoms with Crippen LogP contribution in [0.2, 0.25) is 5.15 Å². The molecule has 1 aromatic heterocycles. The molecule has 0 atom stereocenters. The zero-order valence-electron chi connectivity index (χ0n) is 10.5. The monoisotopic (exact) mass is 254 g/mol. The van der Waals surface area contributed by atoms with Crippen LogP contribution < -0.4 is 4.90 Å². The van der Waals surface area contributed by atoms with E-state index < -0.39 is 0 Å². The Labute approximate surface area is 108 Å². The molecule has 0 bridgehead atoms. The normalized spacial score (nSPS) is 17.5. The Bertz CT molecular complexity index is 375. The molecular formula is C12H19ClN4. The average Bonchev–Trinajstić information content (AvgIpc) is 2.29. The summed E-state index contributed by atoms with van der Waals surface area (Å²) in [6.45, 7) is 6.20. The van der Waals surface area contributed by atoms with Gasteiger partial charge in [-0.3, -0.25) is 0 Å². The molecule has 1 aromatic rings. The molecule has 17 heavy (non-hydrogen) atoms. The first-order valence-corrected chi connectivity index (χ1v) is 6.54. The molecule has 1 saturated heterocycles. The second-order valence-corrected chi connectivity index (χ2v) is 4.91. The maximum atomic E-state index is 6.05. The third-order valence-electron chi connectivity index (χ3n) is 3.03. The number of halogens is 1. The average molecular weight is 255 g/mol. The van der Waals surface area contributed by atoms with E-state index in [2.05, 4.69) is 33.7 Å². The summed E-state index contributed by atoms with van der Waals surface area (Å²) in [5.41, 5.74) is 1.04. The van der Waals surface area contributed by atoms with Crippen LogP contribution in [0.1, 0.15) is 19.0 Å². The fraction of sp³-hybridized carbons (Fsp3) is 0.667. The molecule has 0 N–H and O–H groups in total. The predicted molar refractivity (Wildman–Crippen MR) is 70.7 cm³/mol. The van der Waals surface area contributed by atoms with E-state index in [4.69, 9.17) is 11.6 Å². The lowest BCUT2D eigenvalue weighted by Gasteiger charge is -2.32. The lowest BCUT2D eigenvalue weighted by Crippen LogP contribution is -2.45. The molecule has 4 nitrogen and oxygen atoms in total. The van der Waals surface area contributed by atoms with Gasteiger partial charge in [0.05, 0.1) is 0 Å². The van der Waals surface area contributed by atoms with Crippen LogP contribution >= 0.6 is 11.6 Å². The highest BCUT2D eigenvalue weighted by molar-refractivity contribution is 6.29.